The Balaban J connectivity index is 2.16. The molecule has 0 aliphatic rings. The summed E-state index contributed by atoms with van der Waals surface area (Å²) in [6.45, 7) is 4.36. The van der Waals surface area contributed by atoms with Gasteiger partial charge in [0.2, 0.25) is 0 Å². The van der Waals surface area contributed by atoms with Crippen LogP contribution in [0.15, 0.2) is 36.4 Å². The van der Waals surface area contributed by atoms with Crippen molar-refractivity contribution < 1.29 is 18.4 Å². The summed E-state index contributed by atoms with van der Waals surface area (Å²) in [7, 11) is 0. The molecule has 2 rings (SSSR count). The number of carbonyl (C=O) groups excluding carboxylic acids is 2. The Morgan fingerprint density at radius 1 is 1.00 bits per heavy atom. The lowest BCUT2D eigenvalue weighted by molar-refractivity contribution is 0.0944. The molecule has 24 heavy (non-hydrogen) atoms. The average molecular weight is 333 g/mol. The van der Waals surface area contributed by atoms with Gasteiger partial charge in [-0.2, -0.15) is 0 Å². The highest BCUT2D eigenvalue weighted by Crippen LogP contribution is 2.18. The van der Waals surface area contributed by atoms with Gasteiger partial charge in [-0.3, -0.25) is 9.59 Å². The molecule has 2 aromatic rings. The van der Waals surface area contributed by atoms with Crippen LogP contribution in [-0.2, 0) is 0 Å². The molecule has 0 saturated carbocycles. The van der Waals surface area contributed by atoms with E-state index >= 15 is 0 Å². The highest BCUT2D eigenvalue weighted by Gasteiger charge is 2.16. The Labute approximate surface area is 138 Å². The maximum Gasteiger partial charge on any atom is 0.274 e. The van der Waals surface area contributed by atoms with Gasteiger partial charge >= 0.3 is 0 Å². The number of carbonyl (C=O) groups is 2. The first-order valence-corrected chi connectivity index (χ1v) is 7.39. The fourth-order valence-corrected chi connectivity index (χ4v) is 1.87. The monoisotopic (exact) mass is 333 g/mol. The van der Waals surface area contributed by atoms with Crippen molar-refractivity contribution in [3.8, 4) is 0 Å². The summed E-state index contributed by atoms with van der Waals surface area (Å²) in [4.78, 5) is 28.0. The average Bonchev–Trinajstić information content (AvgIpc) is 2.56. The molecule has 0 bridgehead atoms. The lowest BCUT2D eigenvalue weighted by atomic mass is 10.2. The largest absolute Gasteiger partial charge is 0.350 e. The third kappa shape index (κ3) is 4.34. The van der Waals surface area contributed by atoms with E-state index < -0.39 is 29.1 Å². The second-order valence-corrected chi connectivity index (χ2v) is 5.56. The summed E-state index contributed by atoms with van der Waals surface area (Å²) in [6, 6.07) is 7.54. The second-order valence-electron chi connectivity index (χ2n) is 5.56. The van der Waals surface area contributed by atoms with E-state index in [1.165, 1.54) is 24.3 Å². The number of amides is 2. The van der Waals surface area contributed by atoms with Gasteiger partial charge in [0.1, 0.15) is 28.7 Å². The van der Waals surface area contributed by atoms with Crippen LogP contribution < -0.4 is 10.6 Å². The molecule has 0 radical (unpaired) electrons. The molecule has 1 heterocycles. The molecule has 0 unspecified atom stereocenters. The van der Waals surface area contributed by atoms with Crippen molar-refractivity contribution in [3.05, 3.63) is 59.4 Å². The van der Waals surface area contributed by atoms with Crippen molar-refractivity contribution in [1.82, 2.24) is 10.3 Å². The molecule has 5 nitrogen and oxygen atoms in total. The molecule has 0 saturated heterocycles. The van der Waals surface area contributed by atoms with Gasteiger partial charge in [0, 0.05) is 6.54 Å². The standard InChI is InChI=1S/C17H17F2N3O2/c1-10(2)9-20-16(23)13-7-4-8-14(21-13)17(24)22-15-11(18)5-3-6-12(15)19/h3-8,10H,9H2,1-2H3,(H,20,23)(H,22,24). The van der Waals surface area contributed by atoms with E-state index in [9.17, 15) is 18.4 Å². The van der Waals surface area contributed by atoms with Gasteiger partial charge in [0.25, 0.3) is 11.8 Å². The van der Waals surface area contributed by atoms with Crippen molar-refractivity contribution in [1.29, 1.82) is 0 Å². The third-order valence-corrected chi connectivity index (χ3v) is 3.09. The smallest absolute Gasteiger partial charge is 0.274 e. The molecule has 0 aliphatic heterocycles. The summed E-state index contributed by atoms with van der Waals surface area (Å²) >= 11 is 0. The minimum atomic E-state index is -0.894. The predicted molar refractivity (Wildman–Crippen MR) is 85.7 cm³/mol. The summed E-state index contributed by atoms with van der Waals surface area (Å²) in [5.41, 5.74) is -0.619. The van der Waals surface area contributed by atoms with Crippen LogP contribution in [-0.4, -0.2) is 23.3 Å². The number of nitrogens with one attached hydrogen (secondary N) is 2. The van der Waals surface area contributed by atoms with Crippen molar-refractivity contribution in [2.24, 2.45) is 5.92 Å². The number of rotatable bonds is 5. The fourth-order valence-electron chi connectivity index (χ4n) is 1.87. The topological polar surface area (TPSA) is 71.1 Å². The highest BCUT2D eigenvalue weighted by atomic mass is 19.1. The number of benzene rings is 1. The Morgan fingerprint density at radius 3 is 2.12 bits per heavy atom. The molecule has 2 amide bonds. The van der Waals surface area contributed by atoms with E-state index in [1.807, 2.05) is 13.8 Å². The van der Waals surface area contributed by atoms with Crippen molar-refractivity contribution in [3.63, 3.8) is 0 Å². The summed E-state index contributed by atoms with van der Waals surface area (Å²) in [5, 5.41) is 4.81. The zero-order valence-corrected chi connectivity index (χ0v) is 13.3. The number of para-hydroxylation sites is 1. The zero-order chi connectivity index (χ0) is 17.7. The first-order chi connectivity index (χ1) is 11.4. The summed E-state index contributed by atoms with van der Waals surface area (Å²) in [5.74, 6) is -2.75. The molecule has 7 heteroatoms. The van der Waals surface area contributed by atoms with E-state index in [-0.39, 0.29) is 17.3 Å². The summed E-state index contributed by atoms with van der Waals surface area (Å²) < 4.78 is 27.1. The predicted octanol–water partition coefficient (Wildman–Crippen LogP) is 3.00. The molecular formula is C17H17F2N3O2. The van der Waals surface area contributed by atoms with Gasteiger partial charge in [0.15, 0.2) is 0 Å². The van der Waals surface area contributed by atoms with Gasteiger partial charge in [-0.25, -0.2) is 13.8 Å². The SMILES string of the molecule is CC(C)CNC(=O)c1cccc(C(=O)Nc2c(F)cccc2F)n1. The van der Waals surface area contributed by atoms with Crippen LogP contribution >= 0.6 is 0 Å². The molecule has 1 aromatic heterocycles. The Kier molecular flexibility index (Phi) is 5.57. The zero-order valence-electron chi connectivity index (χ0n) is 13.3. The van der Waals surface area contributed by atoms with Crippen LogP contribution in [0, 0.1) is 17.6 Å². The number of hydrogen-bond acceptors (Lipinski definition) is 3. The molecule has 0 spiro atoms. The van der Waals surface area contributed by atoms with Crippen LogP contribution in [0.4, 0.5) is 14.5 Å². The molecule has 0 aliphatic carbocycles. The highest BCUT2D eigenvalue weighted by molar-refractivity contribution is 6.04. The van der Waals surface area contributed by atoms with Crippen LogP contribution in [0.2, 0.25) is 0 Å². The van der Waals surface area contributed by atoms with Crippen molar-refractivity contribution in [2.45, 2.75) is 13.8 Å². The molecule has 0 atom stereocenters. The maximum atomic E-state index is 13.6. The van der Waals surface area contributed by atoms with Crippen LogP contribution in [0.1, 0.15) is 34.8 Å². The van der Waals surface area contributed by atoms with Crippen molar-refractivity contribution in [2.75, 3.05) is 11.9 Å². The van der Waals surface area contributed by atoms with Gasteiger partial charge < -0.3 is 10.6 Å². The van der Waals surface area contributed by atoms with E-state index in [0.29, 0.717) is 6.54 Å². The third-order valence-electron chi connectivity index (χ3n) is 3.09. The van der Waals surface area contributed by atoms with Gasteiger partial charge in [0.05, 0.1) is 0 Å². The molecular weight excluding hydrogens is 316 g/mol. The van der Waals surface area contributed by atoms with Crippen LogP contribution in [0.5, 0.6) is 0 Å². The van der Waals surface area contributed by atoms with Crippen molar-refractivity contribution >= 4 is 17.5 Å². The molecule has 0 fully saturated rings. The van der Waals surface area contributed by atoms with E-state index in [2.05, 4.69) is 15.6 Å². The Bertz CT molecular complexity index is 743. The number of pyridine rings is 1. The lowest BCUT2D eigenvalue weighted by Crippen LogP contribution is -2.28. The number of anilines is 1. The maximum absolute atomic E-state index is 13.6. The molecule has 126 valence electrons. The summed E-state index contributed by atoms with van der Waals surface area (Å²) in [6.07, 6.45) is 0. The van der Waals surface area contributed by atoms with E-state index in [0.717, 1.165) is 12.1 Å². The quantitative estimate of drug-likeness (QED) is 0.883. The van der Waals surface area contributed by atoms with Gasteiger partial charge in [-0.1, -0.05) is 26.0 Å². The number of nitrogens with zero attached hydrogens (tertiary/aromatic N) is 1. The second kappa shape index (κ2) is 7.63. The Hall–Kier alpha value is -2.83. The fraction of sp³-hybridized carbons (Fsp3) is 0.235. The minimum Gasteiger partial charge on any atom is -0.350 e. The normalized spacial score (nSPS) is 10.5. The number of halogens is 2. The van der Waals surface area contributed by atoms with Crippen LogP contribution in [0.3, 0.4) is 0 Å². The van der Waals surface area contributed by atoms with Gasteiger partial charge in [-0.05, 0) is 30.2 Å². The minimum absolute atomic E-state index is 0.0531. The van der Waals surface area contributed by atoms with Crippen LogP contribution in [0.25, 0.3) is 0 Å². The van der Waals surface area contributed by atoms with E-state index in [1.54, 1.807) is 0 Å². The number of aromatic nitrogens is 1. The molecule has 2 N–H and O–H groups in total. The lowest BCUT2D eigenvalue weighted by Gasteiger charge is -2.09. The van der Waals surface area contributed by atoms with E-state index in [4.69, 9.17) is 0 Å². The Morgan fingerprint density at radius 2 is 1.54 bits per heavy atom. The first kappa shape index (κ1) is 17.5. The number of hydrogen-bond donors (Lipinski definition) is 2. The first-order valence-electron chi connectivity index (χ1n) is 7.39. The molecule has 1 aromatic carbocycles. The van der Waals surface area contributed by atoms with Gasteiger partial charge in [-0.15, -0.1) is 0 Å².